The molecule has 0 atom stereocenters. The third-order valence-electron chi connectivity index (χ3n) is 3.00. The first-order valence-corrected chi connectivity index (χ1v) is 7.53. The number of halogens is 1. The average Bonchev–Trinajstić information content (AvgIpc) is 2.45. The lowest BCUT2D eigenvalue weighted by Gasteiger charge is -2.23. The van der Waals surface area contributed by atoms with Crippen LogP contribution in [0.2, 0.25) is 0 Å². The van der Waals surface area contributed by atoms with E-state index < -0.39 is 0 Å². The van der Waals surface area contributed by atoms with Gasteiger partial charge in [0.1, 0.15) is 12.3 Å². The van der Waals surface area contributed by atoms with Crippen molar-refractivity contribution in [2.24, 2.45) is 0 Å². The molecule has 0 aliphatic rings. The molecule has 0 aliphatic carbocycles. The van der Waals surface area contributed by atoms with Crippen LogP contribution in [-0.4, -0.2) is 55.9 Å². The standard InChI is InChI=1S/C15H21BrN2O3/c1-5-8-18(10-14(19)17(2)3)15(20)11-6-7-13(21-4)12(16)9-11/h6-7,9H,5,8,10H2,1-4H3. The molecule has 1 aromatic carbocycles. The highest BCUT2D eigenvalue weighted by Crippen LogP contribution is 2.26. The van der Waals surface area contributed by atoms with Gasteiger partial charge in [0.2, 0.25) is 5.91 Å². The van der Waals surface area contributed by atoms with Crippen LogP contribution in [0.5, 0.6) is 5.75 Å². The molecule has 0 N–H and O–H groups in total. The number of likely N-dealkylation sites (N-methyl/N-ethyl adjacent to an activating group) is 1. The van der Waals surface area contributed by atoms with Crippen LogP contribution in [-0.2, 0) is 4.79 Å². The van der Waals surface area contributed by atoms with E-state index in [-0.39, 0.29) is 18.4 Å². The summed E-state index contributed by atoms with van der Waals surface area (Å²) in [5.74, 6) is 0.415. The van der Waals surface area contributed by atoms with Crippen LogP contribution >= 0.6 is 15.9 Å². The maximum Gasteiger partial charge on any atom is 0.254 e. The Morgan fingerprint density at radius 1 is 1.29 bits per heavy atom. The summed E-state index contributed by atoms with van der Waals surface area (Å²) in [4.78, 5) is 27.4. The van der Waals surface area contributed by atoms with Gasteiger partial charge in [0.25, 0.3) is 5.91 Å². The van der Waals surface area contributed by atoms with Crippen LogP contribution in [0.15, 0.2) is 22.7 Å². The Morgan fingerprint density at radius 3 is 2.43 bits per heavy atom. The zero-order valence-corrected chi connectivity index (χ0v) is 14.4. The molecule has 0 fully saturated rings. The van der Waals surface area contributed by atoms with Gasteiger partial charge in [0.15, 0.2) is 0 Å². The molecule has 5 nitrogen and oxygen atoms in total. The summed E-state index contributed by atoms with van der Waals surface area (Å²) in [7, 11) is 4.93. The maximum absolute atomic E-state index is 12.5. The third kappa shape index (κ3) is 4.74. The van der Waals surface area contributed by atoms with Crippen molar-refractivity contribution >= 4 is 27.7 Å². The van der Waals surface area contributed by atoms with E-state index in [1.165, 1.54) is 4.90 Å². The van der Waals surface area contributed by atoms with E-state index in [0.717, 1.165) is 6.42 Å². The van der Waals surface area contributed by atoms with Crippen LogP contribution in [0, 0.1) is 0 Å². The second-order valence-corrected chi connectivity index (χ2v) is 5.72. The summed E-state index contributed by atoms with van der Waals surface area (Å²) in [6, 6.07) is 5.15. The zero-order valence-electron chi connectivity index (χ0n) is 12.9. The molecule has 0 bridgehead atoms. The highest BCUT2D eigenvalue weighted by atomic mass is 79.9. The van der Waals surface area contributed by atoms with E-state index in [1.807, 2.05) is 6.92 Å². The second-order valence-electron chi connectivity index (χ2n) is 4.86. The number of methoxy groups -OCH3 is 1. The summed E-state index contributed by atoms with van der Waals surface area (Å²) in [6.07, 6.45) is 0.795. The molecular formula is C15H21BrN2O3. The molecule has 0 radical (unpaired) electrons. The monoisotopic (exact) mass is 356 g/mol. The normalized spacial score (nSPS) is 10.1. The van der Waals surface area contributed by atoms with Crippen molar-refractivity contribution in [2.75, 3.05) is 34.3 Å². The smallest absolute Gasteiger partial charge is 0.254 e. The van der Waals surface area contributed by atoms with E-state index in [4.69, 9.17) is 4.74 Å². The molecule has 0 saturated heterocycles. The molecule has 2 amide bonds. The summed E-state index contributed by atoms with van der Waals surface area (Å²) in [5, 5.41) is 0. The maximum atomic E-state index is 12.5. The predicted octanol–water partition coefficient (Wildman–Crippen LogP) is 2.40. The fourth-order valence-corrected chi connectivity index (χ4v) is 2.35. The van der Waals surface area contributed by atoms with Crippen LogP contribution < -0.4 is 4.74 Å². The van der Waals surface area contributed by atoms with Crippen LogP contribution in [0.3, 0.4) is 0 Å². The number of hydrogen-bond acceptors (Lipinski definition) is 3. The molecule has 0 spiro atoms. The Kier molecular flexibility index (Phi) is 6.68. The van der Waals surface area contributed by atoms with Gasteiger partial charge in [-0.2, -0.15) is 0 Å². The van der Waals surface area contributed by atoms with Gasteiger partial charge >= 0.3 is 0 Å². The molecule has 1 rings (SSSR count). The van der Waals surface area contributed by atoms with E-state index >= 15 is 0 Å². The van der Waals surface area contributed by atoms with Gasteiger partial charge in [-0.25, -0.2) is 0 Å². The minimum atomic E-state index is -0.157. The summed E-state index contributed by atoms with van der Waals surface area (Å²) in [6.45, 7) is 2.61. The lowest BCUT2D eigenvalue weighted by molar-refractivity contribution is -0.129. The summed E-state index contributed by atoms with van der Waals surface area (Å²) >= 11 is 3.37. The van der Waals surface area contributed by atoms with Crippen molar-refractivity contribution in [1.29, 1.82) is 0 Å². The second kappa shape index (κ2) is 8.02. The number of carbonyl (C=O) groups is 2. The number of carbonyl (C=O) groups excluding carboxylic acids is 2. The molecule has 0 aromatic heterocycles. The zero-order chi connectivity index (χ0) is 16.0. The fourth-order valence-electron chi connectivity index (χ4n) is 1.81. The van der Waals surface area contributed by atoms with Gasteiger partial charge in [-0.1, -0.05) is 6.92 Å². The number of benzene rings is 1. The number of amides is 2. The molecule has 0 aliphatic heterocycles. The SMILES string of the molecule is CCCN(CC(=O)N(C)C)C(=O)c1ccc(OC)c(Br)c1. The molecule has 116 valence electrons. The van der Waals surface area contributed by atoms with Crippen molar-refractivity contribution in [2.45, 2.75) is 13.3 Å². The van der Waals surface area contributed by atoms with Crippen molar-refractivity contribution in [3.63, 3.8) is 0 Å². The van der Waals surface area contributed by atoms with Crippen LogP contribution in [0.1, 0.15) is 23.7 Å². The van der Waals surface area contributed by atoms with E-state index in [1.54, 1.807) is 44.3 Å². The molecule has 0 heterocycles. The van der Waals surface area contributed by atoms with Crippen molar-refractivity contribution in [3.8, 4) is 5.75 Å². The molecule has 1 aromatic rings. The molecular weight excluding hydrogens is 336 g/mol. The van der Waals surface area contributed by atoms with Crippen LogP contribution in [0.25, 0.3) is 0 Å². The number of rotatable bonds is 6. The van der Waals surface area contributed by atoms with E-state index in [2.05, 4.69) is 15.9 Å². The number of ether oxygens (including phenoxy) is 1. The molecule has 0 saturated carbocycles. The first kappa shape index (κ1) is 17.5. The highest BCUT2D eigenvalue weighted by molar-refractivity contribution is 9.10. The van der Waals surface area contributed by atoms with E-state index in [9.17, 15) is 9.59 Å². The minimum absolute atomic E-state index is 0.0866. The Balaban J connectivity index is 2.95. The Labute approximate surface area is 134 Å². The van der Waals surface area contributed by atoms with Crippen molar-refractivity contribution in [1.82, 2.24) is 9.80 Å². The topological polar surface area (TPSA) is 49.9 Å². The fraction of sp³-hybridized carbons (Fsp3) is 0.467. The van der Waals surface area contributed by atoms with E-state index in [0.29, 0.717) is 22.3 Å². The number of hydrogen-bond donors (Lipinski definition) is 0. The van der Waals surface area contributed by atoms with Gasteiger partial charge in [-0.3, -0.25) is 9.59 Å². The average molecular weight is 357 g/mol. The first-order valence-electron chi connectivity index (χ1n) is 6.73. The largest absolute Gasteiger partial charge is 0.496 e. The van der Waals surface area contributed by atoms with Crippen LogP contribution in [0.4, 0.5) is 0 Å². The first-order chi connectivity index (χ1) is 9.90. The molecule has 6 heteroatoms. The summed E-state index contributed by atoms with van der Waals surface area (Å²) < 4.78 is 5.87. The lowest BCUT2D eigenvalue weighted by Crippen LogP contribution is -2.40. The minimum Gasteiger partial charge on any atom is -0.496 e. The quantitative estimate of drug-likeness (QED) is 0.786. The van der Waals surface area contributed by atoms with Crippen molar-refractivity contribution < 1.29 is 14.3 Å². The predicted molar refractivity (Wildman–Crippen MR) is 85.6 cm³/mol. The molecule has 21 heavy (non-hydrogen) atoms. The Hall–Kier alpha value is -1.56. The highest BCUT2D eigenvalue weighted by Gasteiger charge is 2.19. The molecule has 0 unspecified atom stereocenters. The van der Waals surface area contributed by atoms with Gasteiger partial charge in [-0.15, -0.1) is 0 Å². The van der Waals surface area contributed by atoms with Gasteiger partial charge in [0.05, 0.1) is 11.6 Å². The van der Waals surface area contributed by atoms with Crippen molar-refractivity contribution in [3.05, 3.63) is 28.2 Å². The Bertz CT molecular complexity index is 518. The van der Waals surface area contributed by atoms with Gasteiger partial charge < -0.3 is 14.5 Å². The van der Waals surface area contributed by atoms with Gasteiger partial charge in [0, 0.05) is 26.2 Å². The lowest BCUT2D eigenvalue weighted by atomic mass is 10.2. The van der Waals surface area contributed by atoms with Gasteiger partial charge in [-0.05, 0) is 40.5 Å². The summed E-state index contributed by atoms with van der Waals surface area (Å²) in [5.41, 5.74) is 0.530. The third-order valence-corrected chi connectivity index (χ3v) is 3.62. The Morgan fingerprint density at radius 2 is 1.95 bits per heavy atom. The number of nitrogens with zero attached hydrogens (tertiary/aromatic N) is 2.